The van der Waals surface area contributed by atoms with Crippen molar-refractivity contribution in [3.05, 3.63) is 57.8 Å². The molecule has 1 amide bonds. The first-order chi connectivity index (χ1) is 11.5. The fourth-order valence-corrected chi connectivity index (χ4v) is 3.10. The minimum atomic E-state index is -0.457. The summed E-state index contributed by atoms with van der Waals surface area (Å²) in [5, 5.41) is 4.19. The van der Waals surface area contributed by atoms with Crippen molar-refractivity contribution in [2.24, 2.45) is 0 Å². The van der Waals surface area contributed by atoms with Crippen LogP contribution in [0.5, 0.6) is 0 Å². The molecule has 1 aliphatic heterocycles. The molecule has 5 nitrogen and oxygen atoms in total. The lowest BCUT2D eigenvalue weighted by atomic mass is 10.0. The quantitative estimate of drug-likeness (QED) is 0.851. The van der Waals surface area contributed by atoms with E-state index in [0.29, 0.717) is 12.2 Å². The number of para-hydroxylation sites is 1. The van der Waals surface area contributed by atoms with Gasteiger partial charge in [-0.15, -0.1) is 0 Å². The lowest BCUT2D eigenvalue weighted by Crippen LogP contribution is -2.44. The zero-order chi connectivity index (χ0) is 17.3. The summed E-state index contributed by atoms with van der Waals surface area (Å²) in [6.45, 7) is 4.26. The van der Waals surface area contributed by atoms with Gasteiger partial charge >= 0.3 is 0 Å². The molecule has 0 N–H and O–H groups in total. The van der Waals surface area contributed by atoms with E-state index in [0.717, 1.165) is 19.3 Å². The van der Waals surface area contributed by atoms with Crippen molar-refractivity contribution in [2.75, 3.05) is 6.54 Å². The van der Waals surface area contributed by atoms with Gasteiger partial charge in [0.05, 0.1) is 0 Å². The molecule has 2 aromatic rings. The van der Waals surface area contributed by atoms with Crippen molar-refractivity contribution >= 4 is 5.91 Å². The third-order valence-corrected chi connectivity index (χ3v) is 4.45. The maximum Gasteiger partial charge on any atom is 0.278 e. The molecule has 1 aromatic heterocycles. The van der Waals surface area contributed by atoms with Crippen LogP contribution in [0.1, 0.15) is 42.4 Å². The van der Waals surface area contributed by atoms with E-state index in [9.17, 15) is 14.0 Å². The summed E-state index contributed by atoms with van der Waals surface area (Å²) in [5.74, 6) is -0.834. The van der Waals surface area contributed by atoms with Gasteiger partial charge in [0, 0.05) is 24.3 Å². The lowest BCUT2D eigenvalue weighted by Gasteiger charge is -2.33. The first-order valence-corrected chi connectivity index (χ1v) is 8.16. The van der Waals surface area contributed by atoms with Crippen LogP contribution in [-0.2, 0) is 0 Å². The second-order valence-electron chi connectivity index (χ2n) is 6.21. The van der Waals surface area contributed by atoms with Crippen molar-refractivity contribution in [2.45, 2.75) is 39.2 Å². The van der Waals surface area contributed by atoms with Crippen LogP contribution in [0.2, 0.25) is 0 Å². The number of likely N-dealkylation sites (tertiary alicyclic amines) is 1. The predicted octanol–water partition coefficient (Wildman–Crippen LogP) is 2.69. The molecule has 0 aliphatic carbocycles. The predicted molar refractivity (Wildman–Crippen MR) is 88.9 cm³/mol. The third-order valence-electron chi connectivity index (χ3n) is 4.45. The molecule has 24 heavy (non-hydrogen) atoms. The molecule has 2 heterocycles. The van der Waals surface area contributed by atoms with E-state index >= 15 is 0 Å². The Kier molecular flexibility index (Phi) is 4.46. The number of amides is 1. The number of hydrogen-bond donors (Lipinski definition) is 0. The van der Waals surface area contributed by atoms with Gasteiger partial charge < -0.3 is 4.90 Å². The minimum absolute atomic E-state index is 0.0793. The van der Waals surface area contributed by atoms with E-state index < -0.39 is 11.2 Å². The van der Waals surface area contributed by atoms with E-state index in [4.69, 9.17) is 0 Å². The number of hydrogen-bond acceptors (Lipinski definition) is 3. The molecule has 0 spiro atoms. The van der Waals surface area contributed by atoms with Crippen LogP contribution in [0.3, 0.4) is 0 Å². The van der Waals surface area contributed by atoms with E-state index in [2.05, 4.69) is 5.10 Å². The molecule has 1 fully saturated rings. The summed E-state index contributed by atoms with van der Waals surface area (Å²) < 4.78 is 15.4. The zero-order valence-electron chi connectivity index (χ0n) is 13.8. The molecule has 0 radical (unpaired) electrons. The van der Waals surface area contributed by atoms with E-state index in [1.807, 2.05) is 6.92 Å². The van der Waals surface area contributed by atoms with Crippen molar-refractivity contribution in [1.29, 1.82) is 0 Å². The summed E-state index contributed by atoms with van der Waals surface area (Å²) in [4.78, 5) is 26.7. The van der Waals surface area contributed by atoms with Crippen LogP contribution in [0.25, 0.3) is 5.69 Å². The molecule has 1 atom stereocenters. The van der Waals surface area contributed by atoms with Gasteiger partial charge in [0.25, 0.3) is 5.91 Å². The highest BCUT2D eigenvalue weighted by Crippen LogP contribution is 2.18. The van der Waals surface area contributed by atoms with E-state index in [-0.39, 0.29) is 23.3 Å². The fraction of sp³-hybridized carbons (Fsp3) is 0.389. The maximum atomic E-state index is 14.1. The molecule has 0 bridgehead atoms. The van der Waals surface area contributed by atoms with Gasteiger partial charge in [-0.25, -0.2) is 9.07 Å². The SMILES string of the molecule is Cc1cc(=O)c(C(=O)N2CCCCC2C)nn1-c1ccccc1F. The van der Waals surface area contributed by atoms with Crippen LogP contribution in [0.4, 0.5) is 4.39 Å². The van der Waals surface area contributed by atoms with Crippen molar-refractivity contribution < 1.29 is 9.18 Å². The number of halogens is 1. The second-order valence-corrected chi connectivity index (χ2v) is 6.21. The summed E-state index contributed by atoms with van der Waals surface area (Å²) in [5.41, 5.74) is 0.115. The largest absolute Gasteiger partial charge is 0.334 e. The molecular formula is C18H20FN3O2. The molecule has 6 heteroatoms. The lowest BCUT2D eigenvalue weighted by molar-refractivity contribution is 0.0626. The second kappa shape index (κ2) is 6.55. The summed E-state index contributed by atoms with van der Waals surface area (Å²) in [6, 6.07) is 7.57. The van der Waals surface area contributed by atoms with Crippen molar-refractivity contribution in [1.82, 2.24) is 14.7 Å². The van der Waals surface area contributed by atoms with Crippen molar-refractivity contribution in [3.63, 3.8) is 0 Å². The molecule has 1 unspecified atom stereocenters. The van der Waals surface area contributed by atoms with Gasteiger partial charge in [-0.3, -0.25) is 9.59 Å². The van der Waals surface area contributed by atoms with Gasteiger partial charge in [0.15, 0.2) is 5.69 Å². The van der Waals surface area contributed by atoms with Crippen LogP contribution >= 0.6 is 0 Å². The Hall–Kier alpha value is -2.50. The maximum absolute atomic E-state index is 14.1. The van der Waals surface area contributed by atoms with E-state index in [1.54, 1.807) is 30.0 Å². The smallest absolute Gasteiger partial charge is 0.278 e. The number of piperidine rings is 1. The van der Waals surface area contributed by atoms with Crippen LogP contribution in [0.15, 0.2) is 35.1 Å². The molecule has 1 aliphatic rings. The molecule has 126 valence electrons. The first-order valence-electron chi connectivity index (χ1n) is 8.16. The Morgan fingerprint density at radius 2 is 2.04 bits per heavy atom. The number of rotatable bonds is 2. The zero-order valence-corrected chi connectivity index (χ0v) is 13.8. The highest BCUT2D eigenvalue weighted by molar-refractivity contribution is 5.92. The number of carbonyl (C=O) groups excluding carboxylic acids is 1. The highest BCUT2D eigenvalue weighted by Gasteiger charge is 2.27. The summed E-state index contributed by atoms with van der Waals surface area (Å²) >= 11 is 0. The van der Waals surface area contributed by atoms with Gasteiger partial charge in [-0.05, 0) is 45.2 Å². The normalized spacial score (nSPS) is 17.8. The van der Waals surface area contributed by atoms with Gasteiger partial charge in [-0.1, -0.05) is 12.1 Å². The van der Waals surface area contributed by atoms with Gasteiger partial charge in [0.2, 0.25) is 5.43 Å². The molecule has 3 rings (SSSR count). The Bertz CT molecular complexity index is 831. The highest BCUT2D eigenvalue weighted by atomic mass is 19.1. The van der Waals surface area contributed by atoms with Crippen LogP contribution < -0.4 is 5.43 Å². The average Bonchev–Trinajstić information content (AvgIpc) is 2.56. The minimum Gasteiger partial charge on any atom is -0.334 e. The van der Waals surface area contributed by atoms with Crippen LogP contribution in [0, 0.1) is 12.7 Å². The Morgan fingerprint density at radius 1 is 1.29 bits per heavy atom. The standard InChI is InChI=1S/C18H20FN3O2/c1-12-7-5-6-10-21(12)18(24)17-16(23)11-13(2)22(20-17)15-9-4-3-8-14(15)19/h3-4,8-9,11-12H,5-7,10H2,1-2H3. The molecule has 1 saturated heterocycles. The van der Waals surface area contributed by atoms with Gasteiger partial charge in [0.1, 0.15) is 11.5 Å². The Balaban J connectivity index is 2.06. The van der Waals surface area contributed by atoms with Crippen LogP contribution in [-0.4, -0.2) is 33.2 Å². The summed E-state index contributed by atoms with van der Waals surface area (Å²) in [6.07, 6.45) is 2.91. The first kappa shape index (κ1) is 16.4. The molecular weight excluding hydrogens is 309 g/mol. The summed E-state index contributed by atoms with van der Waals surface area (Å²) in [7, 11) is 0. The monoisotopic (exact) mass is 329 g/mol. The molecule has 0 saturated carbocycles. The third kappa shape index (κ3) is 2.96. The number of carbonyl (C=O) groups is 1. The fourth-order valence-electron chi connectivity index (χ4n) is 3.10. The Morgan fingerprint density at radius 3 is 2.75 bits per heavy atom. The molecule has 1 aromatic carbocycles. The number of benzene rings is 1. The van der Waals surface area contributed by atoms with Crippen molar-refractivity contribution in [3.8, 4) is 5.69 Å². The topological polar surface area (TPSA) is 55.2 Å². The number of nitrogens with zero attached hydrogens (tertiary/aromatic N) is 3. The number of aryl methyl sites for hydroxylation is 1. The number of aromatic nitrogens is 2. The van der Waals surface area contributed by atoms with Gasteiger partial charge in [-0.2, -0.15) is 5.10 Å². The average molecular weight is 329 g/mol. The Labute approximate surface area is 139 Å². The van der Waals surface area contributed by atoms with E-state index in [1.165, 1.54) is 16.8 Å².